The Bertz CT molecular complexity index is 768. The Morgan fingerprint density at radius 1 is 1.25 bits per heavy atom. The van der Waals surface area contributed by atoms with Crippen molar-refractivity contribution >= 4 is 44.9 Å². The van der Waals surface area contributed by atoms with Crippen LogP contribution in [0.3, 0.4) is 0 Å². The van der Waals surface area contributed by atoms with Crippen LogP contribution in [0.2, 0.25) is 0 Å². The van der Waals surface area contributed by atoms with Crippen molar-refractivity contribution in [2.45, 2.75) is 20.0 Å². The van der Waals surface area contributed by atoms with Crippen LogP contribution in [-0.2, 0) is 0 Å². The third kappa shape index (κ3) is 5.28. The molecule has 0 unspecified atom stereocenters. The number of ether oxygens (including phenoxy) is 1. The van der Waals surface area contributed by atoms with Gasteiger partial charge in [0.25, 0.3) is 5.91 Å². The first-order valence-electron chi connectivity index (χ1n) is 7.19. The summed E-state index contributed by atoms with van der Waals surface area (Å²) in [5.74, 6) is -0.289. The van der Waals surface area contributed by atoms with Crippen LogP contribution in [0.5, 0.6) is 5.75 Å². The lowest BCUT2D eigenvalue weighted by Crippen LogP contribution is -2.34. The van der Waals surface area contributed by atoms with Crippen LogP contribution in [0.25, 0.3) is 0 Å². The monoisotopic (exact) mass is 410 g/mol. The van der Waals surface area contributed by atoms with Crippen molar-refractivity contribution < 1.29 is 13.9 Å². The molecule has 0 saturated carbocycles. The Hall–Kier alpha value is -1.99. The first-order chi connectivity index (χ1) is 11.3. The van der Waals surface area contributed by atoms with Gasteiger partial charge in [-0.25, -0.2) is 4.39 Å². The zero-order valence-corrected chi connectivity index (χ0v) is 15.5. The molecule has 2 rings (SSSR count). The maximum atomic E-state index is 13.8. The molecule has 0 aromatic heterocycles. The molecule has 0 spiro atoms. The van der Waals surface area contributed by atoms with Gasteiger partial charge in [0, 0.05) is 10.0 Å². The molecule has 0 saturated heterocycles. The molecule has 7 heteroatoms. The van der Waals surface area contributed by atoms with E-state index in [0.717, 1.165) is 0 Å². The average molecular weight is 411 g/mol. The van der Waals surface area contributed by atoms with Gasteiger partial charge in [-0.1, -0.05) is 22.0 Å². The highest BCUT2D eigenvalue weighted by atomic mass is 79.9. The molecule has 0 fully saturated rings. The molecule has 0 aliphatic rings. The van der Waals surface area contributed by atoms with E-state index < -0.39 is 11.7 Å². The maximum Gasteiger partial charge on any atom is 0.257 e. The van der Waals surface area contributed by atoms with Crippen molar-refractivity contribution in [2.75, 3.05) is 5.32 Å². The number of carbonyl (C=O) groups excluding carboxylic acids is 1. The number of amides is 1. The van der Waals surface area contributed by atoms with Crippen molar-refractivity contribution in [2.24, 2.45) is 0 Å². The van der Waals surface area contributed by atoms with Gasteiger partial charge in [-0.3, -0.25) is 10.1 Å². The van der Waals surface area contributed by atoms with E-state index in [9.17, 15) is 9.18 Å². The number of anilines is 1. The number of benzene rings is 2. The molecule has 0 aliphatic carbocycles. The minimum Gasteiger partial charge on any atom is -0.491 e. The number of hydrogen-bond acceptors (Lipinski definition) is 3. The molecule has 1 amide bonds. The van der Waals surface area contributed by atoms with E-state index in [2.05, 4.69) is 26.6 Å². The van der Waals surface area contributed by atoms with Gasteiger partial charge in [0.05, 0.1) is 11.8 Å². The van der Waals surface area contributed by atoms with Gasteiger partial charge in [-0.15, -0.1) is 0 Å². The van der Waals surface area contributed by atoms with Crippen molar-refractivity contribution in [3.63, 3.8) is 0 Å². The molecule has 2 aromatic carbocycles. The van der Waals surface area contributed by atoms with E-state index in [1.165, 1.54) is 12.1 Å². The second kappa shape index (κ2) is 8.21. The summed E-state index contributed by atoms with van der Waals surface area (Å²) in [6, 6.07) is 11.3. The highest BCUT2D eigenvalue weighted by Gasteiger charge is 2.11. The van der Waals surface area contributed by atoms with E-state index in [4.69, 9.17) is 17.0 Å². The third-order valence-corrected chi connectivity index (χ3v) is 3.57. The number of thiocarbonyl (C=S) groups is 1. The predicted molar refractivity (Wildman–Crippen MR) is 100.0 cm³/mol. The van der Waals surface area contributed by atoms with Gasteiger partial charge >= 0.3 is 0 Å². The van der Waals surface area contributed by atoms with E-state index in [1.54, 1.807) is 30.3 Å². The summed E-state index contributed by atoms with van der Waals surface area (Å²) in [6.07, 6.45) is 0.00596. The molecule has 126 valence electrons. The number of rotatable bonds is 4. The van der Waals surface area contributed by atoms with E-state index >= 15 is 0 Å². The Morgan fingerprint density at radius 2 is 2.00 bits per heavy atom. The van der Waals surface area contributed by atoms with Crippen LogP contribution in [0.4, 0.5) is 10.1 Å². The summed E-state index contributed by atoms with van der Waals surface area (Å²) in [5.41, 5.74) is 0.578. The van der Waals surface area contributed by atoms with Gasteiger partial charge in [-0.05, 0) is 62.5 Å². The van der Waals surface area contributed by atoms with Crippen molar-refractivity contribution in [3.05, 3.63) is 58.3 Å². The lowest BCUT2D eigenvalue weighted by molar-refractivity contribution is 0.0977. The Morgan fingerprint density at radius 3 is 2.67 bits per heavy atom. The molecule has 2 aromatic rings. The largest absolute Gasteiger partial charge is 0.491 e. The fraction of sp³-hybridized carbons (Fsp3) is 0.176. The minimum atomic E-state index is -0.478. The topological polar surface area (TPSA) is 50.4 Å². The predicted octanol–water partition coefficient (Wildman–Crippen LogP) is 4.50. The van der Waals surface area contributed by atoms with Crippen LogP contribution < -0.4 is 15.4 Å². The van der Waals surface area contributed by atoms with Crippen LogP contribution in [-0.4, -0.2) is 17.1 Å². The molecule has 2 N–H and O–H groups in total. The number of carbonyl (C=O) groups is 1. The van der Waals surface area contributed by atoms with E-state index in [-0.39, 0.29) is 16.9 Å². The maximum absolute atomic E-state index is 13.8. The van der Waals surface area contributed by atoms with Crippen molar-refractivity contribution in [3.8, 4) is 5.75 Å². The van der Waals surface area contributed by atoms with Crippen LogP contribution >= 0.6 is 28.1 Å². The summed E-state index contributed by atoms with van der Waals surface area (Å²) >= 11 is 8.23. The lowest BCUT2D eigenvalue weighted by atomic mass is 10.2. The highest BCUT2D eigenvalue weighted by molar-refractivity contribution is 9.10. The summed E-state index contributed by atoms with van der Waals surface area (Å²) < 4.78 is 19.9. The van der Waals surface area contributed by atoms with Crippen molar-refractivity contribution in [1.82, 2.24) is 5.32 Å². The fourth-order valence-corrected chi connectivity index (χ4v) is 2.44. The average Bonchev–Trinajstić information content (AvgIpc) is 2.49. The van der Waals surface area contributed by atoms with E-state index in [0.29, 0.717) is 15.8 Å². The summed E-state index contributed by atoms with van der Waals surface area (Å²) in [4.78, 5) is 12.2. The molecule has 4 nitrogen and oxygen atoms in total. The molecule has 0 aliphatic heterocycles. The number of nitrogens with one attached hydrogen (secondary N) is 2. The first kappa shape index (κ1) is 18.4. The van der Waals surface area contributed by atoms with Crippen molar-refractivity contribution in [1.29, 1.82) is 0 Å². The van der Waals surface area contributed by atoms with Crippen LogP contribution in [0.15, 0.2) is 46.9 Å². The fourth-order valence-electron chi connectivity index (χ4n) is 1.90. The second-order valence-corrected chi connectivity index (χ2v) is 6.55. The normalized spacial score (nSPS) is 10.4. The standard InChI is InChI=1S/C17H16BrFN2O2S/c1-10(2)23-13-5-3-4-11(8-13)16(22)21-17(24)20-15-7-6-12(18)9-14(15)19/h3-10H,1-2H3,(H2,20,21,22,24). The van der Waals surface area contributed by atoms with Gasteiger partial charge in [-0.2, -0.15) is 0 Å². The molecule has 0 heterocycles. The Labute approximate surface area is 153 Å². The molecular formula is C17H16BrFN2O2S. The smallest absolute Gasteiger partial charge is 0.257 e. The quantitative estimate of drug-likeness (QED) is 0.728. The highest BCUT2D eigenvalue weighted by Crippen LogP contribution is 2.19. The second-order valence-electron chi connectivity index (χ2n) is 5.23. The zero-order valence-electron chi connectivity index (χ0n) is 13.1. The molecular weight excluding hydrogens is 395 g/mol. The Balaban J connectivity index is 2.02. The Kier molecular flexibility index (Phi) is 6.28. The zero-order chi connectivity index (χ0) is 17.7. The summed E-state index contributed by atoms with van der Waals surface area (Å²) in [7, 11) is 0. The lowest BCUT2D eigenvalue weighted by Gasteiger charge is -2.12. The van der Waals surface area contributed by atoms with Gasteiger partial charge in [0.15, 0.2) is 5.11 Å². The minimum absolute atomic E-state index is 0.00596. The number of halogens is 2. The van der Waals surface area contributed by atoms with Gasteiger partial charge < -0.3 is 10.1 Å². The molecule has 0 radical (unpaired) electrons. The summed E-state index contributed by atoms with van der Waals surface area (Å²) in [6.45, 7) is 3.80. The molecule has 24 heavy (non-hydrogen) atoms. The van der Waals surface area contributed by atoms with Crippen LogP contribution in [0.1, 0.15) is 24.2 Å². The van der Waals surface area contributed by atoms with Gasteiger partial charge in [0.2, 0.25) is 0 Å². The third-order valence-electron chi connectivity index (χ3n) is 2.87. The molecule has 0 atom stereocenters. The van der Waals surface area contributed by atoms with Gasteiger partial charge in [0.1, 0.15) is 11.6 Å². The molecule has 0 bridgehead atoms. The SMILES string of the molecule is CC(C)Oc1cccc(C(=O)NC(=S)Nc2ccc(Br)cc2F)c1. The van der Waals surface area contributed by atoms with E-state index in [1.807, 2.05) is 13.8 Å². The number of hydrogen-bond donors (Lipinski definition) is 2. The first-order valence-corrected chi connectivity index (χ1v) is 8.39. The van der Waals surface area contributed by atoms with Crippen LogP contribution in [0, 0.1) is 5.82 Å². The summed E-state index contributed by atoms with van der Waals surface area (Å²) in [5, 5.41) is 5.18.